The molecule has 0 N–H and O–H groups in total. The number of benzene rings is 1. The third-order valence-electron chi connectivity index (χ3n) is 2.41. The van der Waals surface area contributed by atoms with Crippen molar-refractivity contribution in [2.45, 2.75) is 13.3 Å². The Labute approximate surface area is 93.3 Å². The molecule has 2 rings (SSSR count). The van der Waals surface area contributed by atoms with E-state index in [0.717, 1.165) is 17.5 Å². The van der Waals surface area contributed by atoms with Gasteiger partial charge in [-0.1, -0.05) is 6.92 Å². The fourth-order valence-corrected chi connectivity index (χ4v) is 1.56. The van der Waals surface area contributed by atoms with Gasteiger partial charge in [-0.3, -0.25) is 0 Å². The first-order chi connectivity index (χ1) is 7.74. The number of hydrogen-bond acceptors (Lipinski definition) is 4. The molecule has 0 fully saturated rings. The Bertz CT molecular complexity index is 550. The second kappa shape index (κ2) is 4.11. The number of rotatable bonds is 2. The van der Waals surface area contributed by atoms with Crippen molar-refractivity contribution >= 4 is 0 Å². The van der Waals surface area contributed by atoms with E-state index >= 15 is 0 Å². The Hall–Kier alpha value is -2.22. The highest BCUT2D eigenvalue weighted by Crippen LogP contribution is 2.19. The van der Waals surface area contributed by atoms with Gasteiger partial charge >= 0.3 is 0 Å². The van der Waals surface area contributed by atoms with Crippen LogP contribution in [0.3, 0.4) is 0 Å². The summed E-state index contributed by atoms with van der Waals surface area (Å²) in [7, 11) is 1.78. The van der Waals surface area contributed by atoms with E-state index < -0.39 is 0 Å². The summed E-state index contributed by atoms with van der Waals surface area (Å²) in [6.45, 7) is 2.05. The van der Waals surface area contributed by atoms with E-state index in [1.165, 1.54) is 0 Å². The number of nitriles is 1. The monoisotopic (exact) mass is 213 g/mol. The minimum Gasteiger partial charge on any atom is -0.229 e. The Morgan fingerprint density at radius 2 is 2.19 bits per heavy atom. The maximum Gasteiger partial charge on any atom is 0.181 e. The van der Waals surface area contributed by atoms with Crippen LogP contribution in [0.4, 0.5) is 0 Å². The van der Waals surface area contributed by atoms with Crippen LogP contribution in [0.25, 0.3) is 11.4 Å². The summed E-state index contributed by atoms with van der Waals surface area (Å²) in [6.07, 6.45) is 0.883. The predicted molar refractivity (Wildman–Crippen MR) is 58.3 cm³/mol. The molecule has 0 radical (unpaired) electrons. The molecule has 0 aliphatic rings. The Balaban J connectivity index is 2.58. The average molecular weight is 213 g/mol. The molecule has 5 nitrogen and oxygen atoms in total. The summed E-state index contributed by atoms with van der Waals surface area (Å²) >= 11 is 0. The molecule has 80 valence electrons. The second-order valence-electron chi connectivity index (χ2n) is 3.51. The summed E-state index contributed by atoms with van der Waals surface area (Å²) in [5.41, 5.74) is 2.62. The third-order valence-corrected chi connectivity index (χ3v) is 2.41. The Kier molecular flexibility index (Phi) is 2.64. The maximum absolute atomic E-state index is 8.94. The van der Waals surface area contributed by atoms with E-state index in [4.69, 9.17) is 5.26 Å². The molecule has 0 aliphatic heterocycles. The molecule has 16 heavy (non-hydrogen) atoms. The second-order valence-corrected chi connectivity index (χ2v) is 3.51. The van der Waals surface area contributed by atoms with E-state index in [0.29, 0.717) is 11.4 Å². The van der Waals surface area contributed by atoms with Crippen molar-refractivity contribution < 1.29 is 0 Å². The molecular weight excluding hydrogens is 202 g/mol. The molecule has 0 bridgehead atoms. The van der Waals surface area contributed by atoms with Gasteiger partial charge in [-0.05, 0) is 40.6 Å². The van der Waals surface area contributed by atoms with Gasteiger partial charge in [0, 0.05) is 12.6 Å². The average Bonchev–Trinajstić information content (AvgIpc) is 2.74. The highest BCUT2D eigenvalue weighted by Gasteiger charge is 2.08. The van der Waals surface area contributed by atoms with Crippen LogP contribution in [0.1, 0.15) is 18.1 Å². The van der Waals surface area contributed by atoms with Gasteiger partial charge < -0.3 is 0 Å². The molecular formula is C11H11N5. The molecule has 0 atom stereocenters. The molecule has 0 saturated carbocycles. The Morgan fingerprint density at radius 1 is 1.38 bits per heavy atom. The van der Waals surface area contributed by atoms with Crippen molar-refractivity contribution in [2.75, 3.05) is 0 Å². The van der Waals surface area contributed by atoms with E-state index in [-0.39, 0.29) is 0 Å². The Morgan fingerprint density at radius 3 is 2.75 bits per heavy atom. The van der Waals surface area contributed by atoms with Gasteiger partial charge in [-0.2, -0.15) is 5.26 Å². The van der Waals surface area contributed by atoms with Crippen molar-refractivity contribution in [1.29, 1.82) is 5.26 Å². The van der Waals surface area contributed by atoms with E-state index in [9.17, 15) is 0 Å². The van der Waals surface area contributed by atoms with Crippen molar-refractivity contribution in [3.8, 4) is 17.5 Å². The summed E-state index contributed by atoms with van der Waals surface area (Å²) in [5, 5.41) is 20.2. The standard InChI is InChI=1S/C11H11N5/c1-3-8-4-9(7-12)6-10(5-8)11-13-14-15-16(11)2/h4-6H,3H2,1-2H3. The predicted octanol–water partition coefficient (Wildman–Crippen LogP) is 1.31. The topological polar surface area (TPSA) is 67.4 Å². The fraction of sp³-hybridized carbons (Fsp3) is 0.273. The quantitative estimate of drug-likeness (QED) is 0.754. The number of aromatic nitrogens is 4. The molecule has 0 amide bonds. The minimum absolute atomic E-state index is 0.636. The summed E-state index contributed by atoms with van der Waals surface area (Å²) < 4.78 is 1.59. The zero-order valence-corrected chi connectivity index (χ0v) is 9.18. The zero-order chi connectivity index (χ0) is 11.5. The number of nitrogens with zero attached hydrogens (tertiary/aromatic N) is 5. The van der Waals surface area contributed by atoms with Crippen LogP contribution in [0, 0.1) is 11.3 Å². The first kappa shape index (κ1) is 10.3. The third kappa shape index (κ3) is 1.77. The van der Waals surface area contributed by atoms with Crippen molar-refractivity contribution in [2.24, 2.45) is 7.05 Å². The van der Waals surface area contributed by atoms with Crippen LogP contribution < -0.4 is 0 Å². The molecule has 0 aliphatic carbocycles. The normalized spacial score (nSPS) is 10.1. The molecule has 1 aromatic carbocycles. The van der Waals surface area contributed by atoms with Crippen molar-refractivity contribution in [1.82, 2.24) is 20.2 Å². The van der Waals surface area contributed by atoms with Crippen molar-refractivity contribution in [3.63, 3.8) is 0 Å². The number of aryl methyl sites for hydroxylation is 2. The van der Waals surface area contributed by atoms with Crippen LogP contribution in [-0.2, 0) is 13.5 Å². The molecule has 0 saturated heterocycles. The van der Waals surface area contributed by atoms with E-state index in [1.54, 1.807) is 17.8 Å². The fourth-order valence-electron chi connectivity index (χ4n) is 1.56. The maximum atomic E-state index is 8.94. The molecule has 5 heteroatoms. The first-order valence-electron chi connectivity index (χ1n) is 5.01. The molecule has 2 aromatic rings. The summed E-state index contributed by atoms with van der Waals surface area (Å²) in [4.78, 5) is 0. The zero-order valence-electron chi connectivity index (χ0n) is 9.18. The largest absolute Gasteiger partial charge is 0.229 e. The highest BCUT2D eigenvalue weighted by molar-refractivity contribution is 5.59. The molecule has 0 unspecified atom stereocenters. The van der Waals surface area contributed by atoms with Gasteiger partial charge in [-0.15, -0.1) is 5.10 Å². The van der Waals surface area contributed by atoms with Gasteiger partial charge in [0.25, 0.3) is 0 Å². The first-order valence-corrected chi connectivity index (χ1v) is 5.01. The lowest BCUT2D eigenvalue weighted by Gasteiger charge is -2.03. The van der Waals surface area contributed by atoms with Gasteiger partial charge in [0.2, 0.25) is 0 Å². The minimum atomic E-state index is 0.636. The lowest BCUT2D eigenvalue weighted by molar-refractivity contribution is 0.714. The van der Waals surface area contributed by atoms with Gasteiger partial charge in [-0.25, -0.2) is 4.68 Å². The van der Waals surface area contributed by atoms with Gasteiger partial charge in [0.05, 0.1) is 11.6 Å². The lowest BCUT2D eigenvalue weighted by Crippen LogP contribution is -1.96. The van der Waals surface area contributed by atoms with Crippen LogP contribution >= 0.6 is 0 Å². The van der Waals surface area contributed by atoms with Crippen molar-refractivity contribution in [3.05, 3.63) is 29.3 Å². The number of tetrazole rings is 1. The molecule has 1 heterocycles. The highest BCUT2D eigenvalue weighted by atomic mass is 15.5. The van der Waals surface area contributed by atoms with Crippen LogP contribution in [-0.4, -0.2) is 20.2 Å². The molecule has 0 spiro atoms. The lowest BCUT2D eigenvalue weighted by atomic mass is 10.0. The summed E-state index contributed by atoms with van der Waals surface area (Å²) in [5.74, 6) is 0.673. The van der Waals surface area contributed by atoms with E-state index in [1.807, 2.05) is 12.1 Å². The van der Waals surface area contributed by atoms with Crippen LogP contribution in [0.5, 0.6) is 0 Å². The van der Waals surface area contributed by atoms with Crippen LogP contribution in [0.2, 0.25) is 0 Å². The van der Waals surface area contributed by atoms with Gasteiger partial charge in [0.1, 0.15) is 0 Å². The molecule has 1 aromatic heterocycles. The van der Waals surface area contributed by atoms with Gasteiger partial charge in [0.15, 0.2) is 5.82 Å². The smallest absolute Gasteiger partial charge is 0.181 e. The van der Waals surface area contributed by atoms with E-state index in [2.05, 4.69) is 28.5 Å². The number of hydrogen-bond donors (Lipinski definition) is 0. The SMILES string of the molecule is CCc1cc(C#N)cc(-c2nnnn2C)c1. The summed E-state index contributed by atoms with van der Waals surface area (Å²) in [6, 6.07) is 7.83. The van der Waals surface area contributed by atoms with Crippen LogP contribution in [0.15, 0.2) is 18.2 Å².